The summed E-state index contributed by atoms with van der Waals surface area (Å²) in [7, 11) is 0. The largest absolute Gasteiger partial charge is 0.306 e. The third-order valence-corrected chi connectivity index (χ3v) is 11.0. The molecule has 2 atom stereocenters. The minimum atomic E-state index is -0.246. The summed E-state index contributed by atoms with van der Waals surface area (Å²) in [5, 5.41) is 9.65. The van der Waals surface area contributed by atoms with Gasteiger partial charge in [0.25, 0.3) is 17.4 Å². The summed E-state index contributed by atoms with van der Waals surface area (Å²) in [4.78, 5) is 43.4. The quantitative estimate of drug-likeness (QED) is 0.0897. The van der Waals surface area contributed by atoms with Gasteiger partial charge in [-0.05, 0) is 61.7 Å². The van der Waals surface area contributed by atoms with Crippen molar-refractivity contribution < 1.29 is 9.59 Å². The number of amides is 2. The van der Waals surface area contributed by atoms with E-state index in [-0.39, 0.29) is 29.5 Å². The zero-order valence-electron chi connectivity index (χ0n) is 25.4. The predicted molar refractivity (Wildman–Crippen MR) is 189 cm³/mol. The van der Waals surface area contributed by atoms with Crippen LogP contribution >= 0.6 is 31.9 Å². The van der Waals surface area contributed by atoms with Crippen LogP contribution in [-0.2, 0) is 0 Å². The van der Waals surface area contributed by atoms with Gasteiger partial charge in [0.1, 0.15) is 0 Å². The first-order chi connectivity index (χ1) is 21.1. The van der Waals surface area contributed by atoms with Crippen molar-refractivity contribution >= 4 is 104 Å². The monoisotopic (exact) mass is 712 g/mol. The summed E-state index contributed by atoms with van der Waals surface area (Å²) in [6, 6.07) is 11.7. The molecule has 0 fully saturated rings. The van der Waals surface area contributed by atoms with Gasteiger partial charge in [0, 0.05) is 80.6 Å². The SMILES string of the molecule is C=c1c2cc(Br)c3c4ccc5c6c(cc(Br)c(c7ccc(c(=O)n1[C@@H](C)CCCC)c2c73)c64)C(=O)N([C@@H](C)CCCC)C5=O. The first kappa shape index (κ1) is 29.4. The maximum absolute atomic E-state index is 14.1. The average molecular weight is 714 g/mol. The Morgan fingerprint density at radius 2 is 1.20 bits per heavy atom. The Labute approximate surface area is 272 Å². The van der Waals surface area contributed by atoms with Crippen LogP contribution in [0.4, 0.5) is 0 Å². The van der Waals surface area contributed by atoms with Crippen molar-refractivity contribution in [3.63, 3.8) is 0 Å². The molecule has 0 aliphatic carbocycles. The van der Waals surface area contributed by atoms with E-state index in [0.717, 1.165) is 95.9 Å². The summed E-state index contributed by atoms with van der Waals surface area (Å²) in [6.45, 7) is 12.8. The third-order valence-electron chi connectivity index (χ3n) is 9.79. The lowest BCUT2D eigenvalue weighted by Crippen LogP contribution is -2.45. The number of benzene rings is 5. The zero-order chi connectivity index (χ0) is 31.2. The van der Waals surface area contributed by atoms with E-state index in [0.29, 0.717) is 21.9 Å². The number of pyridine rings is 1. The van der Waals surface area contributed by atoms with Gasteiger partial charge in [-0.25, -0.2) is 0 Å². The number of carbonyl (C=O) groups excluding carboxylic acids is 2. The normalized spacial score (nSPS) is 15.2. The number of hydrogen-bond donors (Lipinski definition) is 0. The summed E-state index contributed by atoms with van der Waals surface area (Å²) in [6.07, 6.45) is 5.75. The van der Waals surface area contributed by atoms with E-state index >= 15 is 0 Å². The van der Waals surface area contributed by atoms with Crippen LogP contribution in [-0.4, -0.2) is 27.3 Å². The smallest absolute Gasteiger partial charge is 0.261 e. The van der Waals surface area contributed by atoms with Crippen molar-refractivity contribution in [1.82, 2.24) is 9.47 Å². The summed E-state index contributed by atoms with van der Waals surface area (Å²) < 4.78 is 3.55. The van der Waals surface area contributed by atoms with Crippen molar-refractivity contribution in [3.05, 3.63) is 72.2 Å². The van der Waals surface area contributed by atoms with E-state index in [4.69, 9.17) is 0 Å². The topological polar surface area (TPSA) is 59.4 Å². The number of imide groups is 1. The van der Waals surface area contributed by atoms with Gasteiger partial charge < -0.3 is 4.57 Å². The van der Waals surface area contributed by atoms with Crippen LogP contribution in [0.5, 0.6) is 0 Å². The fourth-order valence-electron chi connectivity index (χ4n) is 7.62. The molecule has 1 aliphatic rings. The standard InChI is InChI=1S/C37H34Br2N2O3/c1-6-8-10-18(3)40-20(5)25-16-27(38)31-22-13-15-24-30-26(37(44)41(36(24)43)19(4)11-9-7-2)17-28(39)32(34(22)30)21-12-14-23(35(40)42)29(25)33(21)31/h12-19H,5-11H2,1-4H3/t18-,19-/m0/s1. The molecule has 2 heterocycles. The number of rotatable bonds is 8. The Balaban J connectivity index is 1.60. The third kappa shape index (κ3) is 3.91. The van der Waals surface area contributed by atoms with Crippen LogP contribution in [0.25, 0.3) is 60.4 Å². The van der Waals surface area contributed by atoms with Crippen LogP contribution in [0.1, 0.15) is 93.0 Å². The molecule has 7 heteroatoms. The highest BCUT2D eigenvalue weighted by molar-refractivity contribution is 9.11. The highest BCUT2D eigenvalue weighted by atomic mass is 79.9. The van der Waals surface area contributed by atoms with Gasteiger partial charge in [-0.15, -0.1) is 0 Å². The molecular formula is C37H34Br2N2O3. The minimum Gasteiger partial charge on any atom is -0.306 e. The van der Waals surface area contributed by atoms with E-state index in [9.17, 15) is 14.4 Å². The summed E-state index contributed by atoms with van der Waals surface area (Å²) >= 11 is 7.76. The molecule has 44 heavy (non-hydrogen) atoms. The van der Waals surface area contributed by atoms with E-state index in [2.05, 4.69) is 65.3 Å². The molecule has 0 saturated carbocycles. The Morgan fingerprint density at radius 3 is 1.86 bits per heavy atom. The summed E-state index contributed by atoms with van der Waals surface area (Å²) in [5.74, 6) is -0.481. The van der Waals surface area contributed by atoms with E-state index in [1.165, 1.54) is 4.90 Å². The lowest BCUT2D eigenvalue weighted by Gasteiger charge is -2.33. The van der Waals surface area contributed by atoms with Gasteiger partial charge in [-0.1, -0.05) is 90.1 Å². The van der Waals surface area contributed by atoms with Crippen LogP contribution in [0, 0.1) is 0 Å². The molecule has 0 bridgehead atoms. The number of hydrogen-bond acceptors (Lipinski definition) is 3. The van der Waals surface area contributed by atoms with Crippen molar-refractivity contribution in [2.75, 3.05) is 0 Å². The molecule has 1 aliphatic heterocycles. The molecule has 2 amide bonds. The lowest BCUT2D eigenvalue weighted by molar-refractivity contribution is 0.0543. The van der Waals surface area contributed by atoms with Crippen molar-refractivity contribution in [2.45, 2.75) is 78.3 Å². The van der Waals surface area contributed by atoms with Gasteiger partial charge in [0.05, 0.1) is 0 Å². The van der Waals surface area contributed by atoms with Gasteiger partial charge in [0.15, 0.2) is 0 Å². The fourth-order valence-corrected chi connectivity index (χ4v) is 8.90. The number of aromatic nitrogens is 1. The minimum absolute atomic E-state index is 0.0190. The molecule has 0 unspecified atom stereocenters. The Kier molecular flexibility index (Phi) is 7.13. The van der Waals surface area contributed by atoms with Crippen molar-refractivity contribution in [1.29, 1.82) is 0 Å². The molecule has 5 nitrogen and oxygen atoms in total. The average Bonchev–Trinajstić information content (AvgIpc) is 3.00. The van der Waals surface area contributed by atoms with Crippen LogP contribution < -0.4 is 10.9 Å². The highest BCUT2D eigenvalue weighted by Gasteiger charge is 2.37. The molecule has 6 aromatic rings. The second-order valence-electron chi connectivity index (χ2n) is 12.5. The maximum atomic E-state index is 14.1. The Bertz CT molecular complexity index is 2300. The first-order valence-electron chi connectivity index (χ1n) is 15.6. The van der Waals surface area contributed by atoms with Gasteiger partial charge >= 0.3 is 0 Å². The number of fused-ring (bicyclic) bond motifs is 2. The Hall–Kier alpha value is -3.29. The summed E-state index contributed by atoms with van der Waals surface area (Å²) in [5.41, 5.74) is 1.08. The van der Waals surface area contributed by atoms with Gasteiger partial charge in [0.2, 0.25) is 0 Å². The number of nitrogens with zero attached hydrogens (tertiary/aromatic N) is 2. The molecule has 0 radical (unpaired) electrons. The molecule has 0 spiro atoms. The second kappa shape index (κ2) is 10.7. The van der Waals surface area contributed by atoms with E-state index < -0.39 is 0 Å². The highest BCUT2D eigenvalue weighted by Crippen LogP contribution is 2.49. The van der Waals surface area contributed by atoms with Crippen molar-refractivity contribution in [2.24, 2.45) is 0 Å². The molecule has 7 rings (SSSR count). The van der Waals surface area contributed by atoms with Crippen LogP contribution in [0.2, 0.25) is 0 Å². The zero-order valence-corrected chi connectivity index (χ0v) is 28.6. The van der Waals surface area contributed by atoms with Gasteiger partial charge in [-0.2, -0.15) is 0 Å². The lowest BCUT2D eigenvalue weighted by atomic mass is 9.83. The van der Waals surface area contributed by atoms with Crippen LogP contribution in [0.15, 0.2) is 50.1 Å². The second-order valence-corrected chi connectivity index (χ2v) is 14.2. The molecule has 1 aromatic heterocycles. The van der Waals surface area contributed by atoms with E-state index in [1.807, 2.05) is 41.8 Å². The predicted octanol–water partition coefficient (Wildman–Crippen LogP) is 9.63. The number of halogens is 2. The van der Waals surface area contributed by atoms with Crippen molar-refractivity contribution in [3.8, 4) is 0 Å². The maximum Gasteiger partial charge on any atom is 0.261 e. The number of carbonyl (C=O) groups is 2. The molecular weight excluding hydrogens is 680 g/mol. The van der Waals surface area contributed by atoms with Gasteiger partial charge in [-0.3, -0.25) is 19.3 Å². The molecule has 5 aromatic carbocycles. The molecule has 0 N–H and O–H groups in total. The number of unbranched alkanes of at least 4 members (excludes halogenated alkanes) is 2. The fraction of sp³-hybridized carbons (Fsp3) is 0.324. The molecule has 224 valence electrons. The molecule has 0 saturated heterocycles. The van der Waals surface area contributed by atoms with E-state index in [1.54, 1.807) is 0 Å². The Morgan fingerprint density at radius 1 is 0.659 bits per heavy atom. The van der Waals surface area contributed by atoms with Crippen LogP contribution in [0.3, 0.4) is 0 Å². The first-order valence-corrected chi connectivity index (χ1v) is 17.2.